The third-order valence-corrected chi connectivity index (χ3v) is 7.09. The second-order valence-corrected chi connectivity index (χ2v) is 9.73. The summed E-state index contributed by atoms with van der Waals surface area (Å²) in [7, 11) is 0. The number of rotatable bonds is 7. The summed E-state index contributed by atoms with van der Waals surface area (Å²) in [5, 5.41) is 3.23. The molecule has 1 unspecified atom stereocenters. The van der Waals surface area contributed by atoms with E-state index in [0.717, 1.165) is 39.0 Å². The van der Waals surface area contributed by atoms with Gasteiger partial charge in [-0.05, 0) is 74.5 Å². The van der Waals surface area contributed by atoms with Crippen molar-refractivity contribution < 1.29 is 4.79 Å². The van der Waals surface area contributed by atoms with Gasteiger partial charge in [-0.3, -0.25) is 14.6 Å². The molecule has 2 aliphatic heterocycles. The van der Waals surface area contributed by atoms with Crippen molar-refractivity contribution in [3.8, 4) is 0 Å². The van der Waals surface area contributed by atoms with Crippen molar-refractivity contribution in [3.05, 3.63) is 70.8 Å². The lowest BCUT2D eigenvalue weighted by Crippen LogP contribution is -2.42. The van der Waals surface area contributed by atoms with Crippen LogP contribution in [-0.4, -0.2) is 41.9 Å². The zero-order valence-corrected chi connectivity index (χ0v) is 19.7. The topological polar surface area (TPSA) is 35.6 Å². The Morgan fingerprint density at radius 3 is 2.44 bits per heavy atom. The highest BCUT2D eigenvalue weighted by atomic mass is 16.1. The van der Waals surface area contributed by atoms with Gasteiger partial charge < -0.3 is 5.32 Å². The van der Waals surface area contributed by atoms with Gasteiger partial charge in [0, 0.05) is 26.2 Å². The lowest BCUT2D eigenvalue weighted by molar-refractivity contribution is -0.126. The smallest absolute Gasteiger partial charge is 0.224 e. The highest BCUT2D eigenvalue weighted by molar-refractivity contribution is 5.79. The van der Waals surface area contributed by atoms with Gasteiger partial charge in [0.25, 0.3) is 0 Å². The van der Waals surface area contributed by atoms with E-state index in [-0.39, 0.29) is 11.8 Å². The lowest BCUT2D eigenvalue weighted by Gasteiger charge is -2.32. The van der Waals surface area contributed by atoms with Crippen LogP contribution in [0.25, 0.3) is 0 Å². The van der Waals surface area contributed by atoms with E-state index in [1.807, 2.05) is 0 Å². The molecule has 2 saturated heterocycles. The van der Waals surface area contributed by atoms with E-state index in [2.05, 4.69) is 70.6 Å². The average Bonchev–Trinajstić information content (AvgIpc) is 3.08. The fourth-order valence-electron chi connectivity index (χ4n) is 5.17. The molecule has 2 aromatic carbocycles. The molecule has 0 radical (unpaired) electrons. The Balaban J connectivity index is 1.27. The molecular formula is C28H39N3O. The maximum Gasteiger partial charge on any atom is 0.224 e. The second kappa shape index (κ2) is 11.6. The molecule has 2 aliphatic rings. The SMILES string of the molecule is Cc1ccccc1CN1CCCC(C(=O)NCc2cccc(CN3CCCCCC3)c2)C1. The number of nitrogens with zero attached hydrogens (tertiary/aromatic N) is 2. The summed E-state index contributed by atoms with van der Waals surface area (Å²) in [5.74, 6) is 0.297. The molecule has 0 spiro atoms. The largest absolute Gasteiger partial charge is 0.352 e. The quantitative estimate of drug-likeness (QED) is 0.675. The summed E-state index contributed by atoms with van der Waals surface area (Å²) in [5.41, 5.74) is 5.27. The van der Waals surface area contributed by atoms with E-state index in [9.17, 15) is 4.79 Å². The van der Waals surface area contributed by atoms with E-state index < -0.39 is 0 Å². The first-order valence-corrected chi connectivity index (χ1v) is 12.5. The number of benzene rings is 2. The van der Waals surface area contributed by atoms with Crippen LogP contribution in [0.2, 0.25) is 0 Å². The van der Waals surface area contributed by atoms with Crippen LogP contribution >= 0.6 is 0 Å². The Bertz CT molecular complexity index is 872. The third-order valence-electron chi connectivity index (χ3n) is 7.09. The number of hydrogen-bond donors (Lipinski definition) is 1. The lowest BCUT2D eigenvalue weighted by atomic mass is 9.96. The van der Waals surface area contributed by atoms with Gasteiger partial charge in [-0.15, -0.1) is 0 Å². The fourth-order valence-corrected chi connectivity index (χ4v) is 5.17. The van der Waals surface area contributed by atoms with Crippen LogP contribution < -0.4 is 5.32 Å². The molecule has 4 nitrogen and oxygen atoms in total. The van der Waals surface area contributed by atoms with E-state index in [1.54, 1.807) is 0 Å². The molecule has 1 atom stereocenters. The Morgan fingerprint density at radius 2 is 1.62 bits per heavy atom. The van der Waals surface area contributed by atoms with Gasteiger partial charge in [0.2, 0.25) is 5.91 Å². The van der Waals surface area contributed by atoms with Gasteiger partial charge in [0.05, 0.1) is 5.92 Å². The summed E-state index contributed by atoms with van der Waals surface area (Å²) in [6.45, 7) is 9.12. The van der Waals surface area contributed by atoms with E-state index in [1.165, 1.54) is 61.0 Å². The van der Waals surface area contributed by atoms with Gasteiger partial charge in [0.15, 0.2) is 0 Å². The molecular weight excluding hydrogens is 394 g/mol. The molecule has 4 rings (SSSR count). The highest BCUT2D eigenvalue weighted by Gasteiger charge is 2.25. The minimum absolute atomic E-state index is 0.0908. The number of hydrogen-bond acceptors (Lipinski definition) is 3. The highest BCUT2D eigenvalue weighted by Crippen LogP contribution is 2.20. The summed E-state index contributed by atoms with van der Waals surface area (Å²) in [4.78, 5) is 18.0. The number of piperidine rings is 1. The normalized spacial score (nSPS) is 20.6. The van der Waals surface area contributed by atoms with Gasteiger partial charge >= 0.3 is 0 Å². The number of aryl methyl sites for hydroxylation is 1. The monoisotopic (exact) mass is 433 g/mol. The van der Waals surface area contributed by atoms with Crippen molar-refractivity contribution in [1.29, 1.82) is 0 Å². The van der Waals surface area contributed by atoms with Crippen molar-refractivity contribution in [2.24, 2.45) is 5.92 Å². The Labute approximate surface area is 194 Å². The third kappa shape index (κ3) is 6.66. The molecule has 32 heavy (non-hydrogen) atoms. The molecule has 0 aliphatic carbocycles. The number of carbonyl (C=O) groups is 1. The van der Waals surface area contributed by atoms with E-state index in [0.29, 0.717) is 6.54 Å². The average molecular weight is 434 g/mol. The molecule has 172 valence electrons. The Kier molecular flexibility index (Phi) is 8.36. The van der Waals surface area contributed by atoms with Gasteiger partial charge in [-0.25, -0.2) is 0 Å². The number of likely N-dealkylation sites (tertiary alicyclic amines) is 2. The van der Waals surface area contributed by atoms with Crippen molar-refractivity contribution in [2.75, 3.05) is 26.2 Å². The van der Waals surface area contributed by atoms with Crippen LogP contribution in [0.15, 0.2) is 48.5 Å². The molecule has 0 saturated carbocycles. The molecule has 2 heterocycles. The van der Waals surface area contributed by atoms with Crippen molar-refractivity contribution in [1.82, 2.24) is 15.1 Å². The van der Waals surface area contributed by atoms with Crippen molar-refractivity contribution in [2.45, 2.75) is 65.1 Å². The van der Waals surface area contributed by atoms with Crippen LogP contribution in [0.5, 0.6) is 0 Å². The summed E-state index contributed by atoms with van der Waals surface area (Å²) < 4.78 is 0. The number of nitrogens with one attached hydrogen (secondary N) is 1. The van der Waals surface area contributed by atoms with E-state index >= 15 is 0 Å². The summed E-state index contributed by atoms with van der Waals surface area (Å²) in [6.07, 6.45) is 7.45. The number of carbonyl (C=O) groups excluding carboxylic acids is 1. The van der Waals surface area contributed by atoms with Gasteiger partial charge in [-0.1, -0.05) is 61.4 Å². The van der Waals surface area contributed by atoms with Crippen molar-refractivity contribution >= 4 is 5.91 Å². The Morgan fingerprint density at radius 1 is 0.875 bits per heavy atom. The van der Waals surface area contributed by atoms with Crippen LogP contribution in [0, 0.1) is 12.8 Å². The molecule has 2 aromatic rings. The van der Waals surface area contributed by atoms with Gasteiger partial charge in [0.1, 0.15) is 0 Å². The summed E-state index contributed by atoms with van der Waals surface area (Å²) in [6, 6.07) is 17.3. The minimum atomic E-state index is 0.0908. The van der Waals surface area contributed by atoms with Crippen LogP contribution in [0.1, 0.15) is 60.8 Å². The first kappa shape index (κ1) is 23.0. The minimum Gasteiger partial charge on any atom is -0.352 e. The maximum atomic E-state index is 12.9. The molecule has 4 heteroatoms. The zero-order valence-electron chi connectivity index (χ0n) is 19.7. The molecule has 2 fully saturated rings. The van der Waals surface area contributed by atoms with Crippen LogP contribution in [-0.2, 0) is 24.4 Å². The predicted molar refractivity (Wildman–Crippen MR) is 131 cm³/mol. The number of amides is 1. The summed E-state index contributed by atoms with van der Waals surface area (Å²) >= 11 is 0. The standard InChI is InChI=1S/C28H39N3O/c1-23-10-4-5-13-26(23)21-31-17-9-14-27(22-31)28(32)29-19-24-11-8-12-25(18-24)20-30-15-6-2-3-7-16-30/h4-5,8,10-13,18,27H,2-3,6-7,9,14-17,19-22H2,1H3,(H,29,32). The van der Waals surface area contributed by atoms with Crippen LogP contribution in [0.3, 0.4) is 0 Å². The molecule has 0 aromatic heterocycles. The zero-order chi connectivity index (χ0) is 22.2. The molecule has 1 N–H and O–H groups in total. The van der Waals surface area contributed by atoms with E-state index in [4.69, 9.17) is 0 Å². The Hall–Kier alpha value is -2.17. The first-order chi connectivity index (χ1) is 15.7. The van der Waals surface area contributed by atoms with Gasteiger partial charge in [-0.2, -0.15) is 0 Å². The maximum absolute atomic E-state index is 12.9. The second-order valence-electron chi connectivity index (χ2n) is 9.73. The molecule has 1 amide bonds. The first-order valence-electron chi connectivity index (χ1n) is 12.5. The predicted octanol–water partition coefficient (Wildman–Crippen LogP) is 4.90. The van der Waals surface area contributed by atoms with Crippen molar-refractivity contribution in [3.63, 3.8) is 0 Å². The molecule has 0 bridgehead atoms. The fraction of sp³-hybridized carbons (Fsp3) is 0.536. The van der Waals surface area contributed by atoms with Crippen LogP contribution in [0.4, 0.5) is 0 Å².